The molecule has 0 aliphatic carbocycles. The first kappa shape index (κ1) is 19.2. The second kappa shape index (κ2) is 8.38. The van der Waals surface area contributed by atoms with Crippen molar-refractivity contribution in [2.45, 2.75) is 39.5 Å². The van der Waals surface area contributed by atoms with Gasteiger partial charge in [-0.25, -0.2) is 0 Å². The standard InChI is InChI=1S/C23H28N2O2/c1-16(2)18-9-11-21(12-10-18)24-22(26)19-7-4-8-20(14-19)23(27)25-13-5-6-17(3)15-25/h4,7-12,14,16-17H,5-6,13,15H2,1-3H3,(H,24,26). The molecule has 2 aromatic rings. The highest BCUT2D eigenvalue weighted by Crippen LogP contribution is 2.20. The van der Waals surface area contributed by atoms with Gasteiger partial charge in [-0.05, 0) is 60.6 Å². The monoisotopic (exact) mass is 364 g/mol. The lowest BCUT2D eigenvalue weighted by Gasteiger charge is -2.31. The van der Waals surface area contributed by atoms with E-state index in [1.807, 2.05) is 29.2 Å². The van der Waals surface area contributed by atoms with Crippen molar-refractivity contribution in [2.24, 2.45) is 5.92 Å². The summed E-state index contributed by atoms with van der Waals surface area (Å²) < 4.78 is 0. The number of benzene rings is 2. The molecular weight excluding hydrogens is 336 g/mol. The number of carbonyl (C=O) groups excluding carboxylic acids is 2. The van der Waals surface area contributed by atoms with Crippen molar-refractivity contribution in [3.63, 3.8) is 0 Å². The summed E-state index contributed by atoms with van der Waals surface area (Å²) in [6.45, 7) is 8.03. The number of nitrogens with one attached hydrogen (secondary N) is 1. The number of amides is 2. The number of carbonyl (C=O) groups is 2. The molecule has 2 amide bonds. The van der Waals surface area contributed by atoms with E-state index in [2.05, 4.69) is 26.1 Å². The van der Waals surface area contributed by atoms with Gasteiger partial charge in [0, 0.05) is 29.9 Å². The molecule has 142 valence electrons. The predicted molar refractivity (Wildman–Crippen MR) is 109 cm³/mol. The van der Waals surface area contributed by atoms with Crippen LogP contribution in [-0.2, 0) is 0 Å². The predicted octanol–water partition coefficient (Wildman–Crippen LogP) is 4.93. The van der Waals surface area contributed by atoms with Crippen molar-refractivity contribution >= 4 is 17.5 Å². The minimum Gasteiger partial charge on any atom is -0.338 e. The fourth-order valence-electron chi connectivity index (χ4n) is 3.50. The second-order valence-corrected chi connectivity index (χ2v) is 7.81. The Hall–Kier alpha value is -2.62. The van der Waals surface area contributed by atoms with Gasteiger partial charge in [-0.3, -0.25) is 9.59 Å². The minimum atomic E-state index is -0.200. The molecule has 27 heavy (non-hydrogen) atoms. The zero-order valence-corrected chi connectivity index (χ0v) is 16.4. The van der Waals surface area contributed by atoms with Gasteiger partial charge in [-0.1, -0.05) is 39.0 Å². The maximum absolute atomic E-state index is 12.8. The molecule has 1 aliphatic rings. The van der Waals surface area contributed by atoms with Crippen LogP contribution in [-0.4, -0.2) is 29.8 Å². The maximum Gasteiger partial charge on any atom is 0.255 e. The molecule has 1 atom stereocenters. The Morgan fingerprint density at radius 3 is 2.44 bits per heavy atom. The molecule has 1 saturated heterocycles. The summed E-state index contributed by atoms with van der Waals surface area (Å²) in [5.74, 6) is 0.796. The Labute approximate surface area is 161 Å². The van der Waals surface area contributed by atoms with Crippen LogP contribution in [0.3, 0.4) is 0 Å². The molecule has 4 nitrogen and oxygen atoms in total. The molecule has 0 spiro atoms. The van der Waals surface area contributed by atoms with Gasteiger partial charge in [-0.2, -0.15) is 0 Å². The zero-order valence-electron chi connectivity index (χ0n) is 16.4. The first-order valence-corrected chi connectivity index (χ1v) is 9.74. The summed E-state index contributed by atoms with van der Waals surface area (Å²) in [5, 5.41) is 2.91. The Kier molecular flexibility index (Phi) is 5.94. The fraction of sp³-hybridized carbons (Fsp3) is 0.391. The number of likely N-dealkylation sites (tertiary alicyclic amines) is 1. The average molecular weight is 364 g/mol. The largest absolute Gasteiger partial charge is 0.338 e. The Bertz CT molecular complexity index is 811. The van der Waals surface area contributed by atoms with Crippen molar-refractivity contribution < 1.29 is 9.59 Å². The van der Waals surface area contributed by atoms with E-state index >= 15 is 0 Å². The van der Waals surface area contributed by atoms with Crippen molar-refractivity contribution in [1.82, 2.24) is 4.90 Å². The number of hydrogen-bond donors (Lipinski definition) is 1. The Morgan fingerprint density at radius 1 is 1.07 bits per heavy atom. The van der Waals surface area contributed by atoms with E-state index in [0.29, 0.717) is 23.0 Å². The second-order valence-electron chi connectivity index (χ2n) is 7.81. The molecule has 0 radical (unpaired) electrons. The lowest BCUT2D eigenvalue weighted by Crippen LogP contribution is -2.39. The van der Waals surface area contributed by atoms with E-state index in [1.54, 1.807) is 24.3 Å². The third-order valence-corrected chi connectivity index (χ3v) is 5.15. The Balaban J connectivity index is 1.70. The summed E-state index contributed by atoms with van der Waals surface area (Å²) in [7, 11) is 0. The van der Waals surface area contributed by atoms with Crippen molar-refractivity contribution in [3.05, 3.63) is 65.2 Å². The van der Waals surface area contributed by atoms with Gasteiger partial charge in [0.25, 0.3) is 11.8 Å². The summed E-state index contributed by atoms with van der Waals surface area (Å²) >= 11 is 0. The van der Waals surface area contributed by atoms with Crippen molar-refractivity contribution in [1.29, 1.82) is 0 Å². The van der Waals surface area contributed by atoms with Crippen LogP contribution >= 0.6 is 0 Å². The van der Waals surface area contributed by atoms with E-state index in [9.17, 15) is 9.59 Å². The molecule has 1 N–H and O–H groups in total. The minimum absolute atomic E-state index is 0.0116. The van der Waals surface area contributed by atoms with Gasteiger partial charge in [0.1, 0.15) is 0 Å². The van der Waals surface area contributed by atoms with Crippen LogP contribution in [0, 0.1) is 5.92 Å². The molecule has 1 unspecified atom stereocenters. The van der Waals surface area contributed by atoms with Gasteiger partial charge in [0.05, 0.1) is 0 Å². The molecule has 0 aromatic heterocycles. The highest BCUT2D eigenvalue weighted by molar-refractivity contribution is 6.06. The van der Waals surface area contributed by atoms with E-state index < -0.39 is 0 Å². The van der Waals surface area contributed by atoms with Gasteiger partial charge < -0.3 is 10.2 Å². The van der Waals surface area contributed by atoms with Crippen LogP contribution in [0.4, 0.5) is 5.69 Å². The SMILES string of the molecule is CC1CCCN(C(=O)c2cccc(C(=O)Nc3ccc(C(C)C)cc3)c2)C1. The highest BCUT2D eigenvalue weighted by atomic mass is 16.2. The molecule has 1 heterocycles. The smallest absolute Gasteiger partial charge is 0.255 e. The summed E-state index contributed by atoms with van der Waals surface area (Å²) in [6.07, 6.45) is 2.21. The molecule has 1 fully saturated rings. The van der Waals surface area contributed by atoms with Gasteiger partial charge in [0.15, 0.2) is 0 Å². The number of anilines is 1. The molecular formula is C23H28N2O2. The summed E-state index contributed by atoms with van der Waals surface area (Å²) in [5.41, 5.74) is 3.06. The molecule has 3 rings (SSSR count). The van der Waals surface area contributed by atoms with Crippen LogP contribution in [0.15, 0.2) is 48.5 Å². The zero-order chi connectivity index (χ0) is 19.4. The van der Waals surface area contributed by atoms with Crippen LogP contribution in [0.25, 0.3) is 0 Å². The quantitative estimate of drug-likeness (QED) is 0.836. The van der Waals surface area contributed by atoms with E-state index in [1.165, 1.54) is 12.0 Å². The fourth-order valence-corrected chi connectivity index (χ4v) is 3.50. The lowest BCUT2D eigenvalue weighted by atomic mass is 9.99. The Morgan fingerprint density at radius 2 is 1.78 bits per heavy atom. The van der Waals surface area contributed by atoms with Crippen LogP contribution in [0.2, 0.25) is 0 Å². The molecule has 0 saturated carbocycles. The van der Waals surface area contributed by atoms with Crippen molar-refractivity contribution in [2.75, 3.05) is 18.4 Å². The van der Waals surface area contributed by atoms with Gasteiger partial charge >= 0.3 is 0 Å². The van der Waals surface area contributed by atoms with Crippen LogP contribution < -0.4 is 5.32 Å². The molecule has 1 aliphatic heterocycles. The third-order valence-electron chi connectivity index (χ3n) is 5.15. The van der Waals surface area contributed by atoms with Crippen LogP contribution in [0.1, 0.15) is 65.8 Å². The number of rotatable bonds is 4. The lowest BCUT2D eigenvalue weighted by molar-refractivity contribution is 0.0683. The number of nitrogens with zero attached hydrogens (tertiary/aromatic N) is 1. The molecule has 4 heteroatoms. The average Bonchev–Trinajstić information content (AvgIpc) is 2.68. The number of hydrogen-bond acceptors (Lipinski definition) is 2. The topological polar surface area (TPSA) is 49.4 Å². The summed E-state index contributed by atoms with van der Waals surface area (Å²) in [4.78, 5) is 27.3. The number of piperidine rings is 1. The highest BCUT2D eigenvalue weighted by Gasteiger charge is 2.22. The van der Waals surface area contributed by atoms with E-state index in [4.69, 9.17) is 0 Å². The maximum atomic E-state index is 12.8. The first-order valence-electron chi connectivity index (χ1n) is 9.74. The van der Waals surface area contributed by atoms with E-state index in [0.717, 1.165) is 25.2 Å². The van der Waals surface area contributed by atoms with Gasteiger partial charge in [-0.15, -0.1) is 0 Å². The summed E-state index contributed by atoms with van der Waals surface area (Å²) in [6, 6.07) is 14.9. The first-order chi connectivity index (χ1) is 12.9. The molecule has 0 bridgehead atoms. The van der Waals surface area contributed by atoms with Crippen molar-refractivity contribution in [3.8, 4) is 0 Å². The third kappa shape index (κ3) is 4.76. The van der Waals surface area contributed by atoms with Crippen LogP contribution in [0.5, 0.6) is 0 Å². The normalized spacial score (nSPS) is 17.0. The van der Waals surface area contributed by atoms with Gasteiger partial charge in [0.2, 0.25) is 0 Å². The van der Waals surface area contributed by atoms with E-state index in [-0.39, 0.29) is 11.8 Å². The molecule has 2 aromatic carbocycles.